The summed E-state index contributed by atoms with van der Waals surface area (Å²) in [5.74, 6) is 0. The van der Waals surface area contributed by atoms with Crippen LogP contribution < -0.4 is 5.32 Å². The van der Waals surface area contributed by atoms with Crippen molar-refractivity contribution in [2.45, 2.75) is 150 Å². The molecule has 0 saturated heterocycles. The van der Waals surface area contributed by atoms with E-state index in [-0.39, 0.29) is 11.7 Å². The Labute approximate surface area is 195 Å². The summed E-state index contributed by atoms with van der Waals surface area (Å²) >= 11 is 0. The van der Waals surface area contributed by atoms with Crippen LogP contribution in [0.4, 0.5) is 0 Å². The van der Waals surface area contributed by atoms with Crippen molar-refractivity contribution in [2.24, 2.45) is 0 Å². The van der Waals surface area contributed by atoms with Crippen LogP contribution in [0.15, 0.2) is 12.3 Å². The van der Waals surface area contributed by atoms with Crippen molar-refractivity contribution in [1.82, 2.24) is 5.32 Å². The van der Waals surface area contributed by atoms with Crippen molar-refractivity contribution in [3.05, 3.63) is 12.3 Å². The molecule has 2 N–H and O–H groups in total. The zero-order valence-electron chi connectivity index (χ0n) is 22.2. The summed E-state index contributed by atoms with van der Waals surface area (Å²) in [7, 11) is 0. The van der Waals surface area contributed by atoms with Gasteiger partial charge in [0.15, 0.2) is 0 Å². The minimum absolute atomic E-state index is 0.246. The van der Waals surface area contributed by atoms with Crippen LogP contribution in [0, 0.1) is 0 Å². The molecule has 0 aliphatic rings. The van der Waals surface area contributed by atoms with E-state index in [1.54, 1.807) is 0 Å². The lowest BCUT2D eigenvalue weighted by atomic mass is 10.1. The molecule has 0 spiro atoms. The van der Waals surface area contributed by atoms with Gasteiger partial charge in [-0.15, -0.1) is 0 Å². The van der Waals surface area contributed by atoms with Gasteiger partial charge in [-0.05, 0) is 47.0 Å². The van der Waals surface area contributed by atoms with Crippen molar-refractivity contribution in [1.29, 1.82) is 0 Å². The lowest BCUT2D eigenvalue weighted by molar-refractivity contribution is -0.0408. The van der Waals surface area contributed by atoms with Gasteiger partial charge in [0.05, 0.1) is 18.3 Å². The third kappa shape index (κ3) is 27.4. The molecule has 0 saturated carbocycles. The fourth-order valence-corrected chi connectivity index (χ4v) is 3.03. The standard InChI is InChI=1S/C16H33NO3.C11H24/c1-7-8-9-15(18)17-14(4)12-20-16(5,6)10-11-19-13(2)3;1-3-5-7-9-11-10-8-6-4-2/h13,15,17-18H,4,7-12H2,1-3,5-6H3;3-11H2,1-2H3. The van der Waals surface area contributed by atoms with Gasteiger partial charge in [-0.1, -0.05) is 91.6 Å². The van der Waals surface area contributed by atoms with Crippen LogP contribution in [-0.4, -0.2) is 36.3 Å². The quantitative estimate of drug-likeness (QED) is 0.149. The van der Waals surface area contributed by atoms with Gasteiger partial charge in [-0.25, -0.2) is 0 Å². The molecule has 0 heterocycles. The molecule has 1 atom stereocenters. The molecular weight excluding hydrogens is 386 g/mol. The predicted octanol–water partition coefficient (Wildman–Crippen LogP) is 7.75. The molecule has 0 aromatic rings. The Morgan fingerprint density at radius 3 is 1.81 bits per heavy atom. The summed E-state index contributed by atoms with van der Waals surface area (Å²) in [6.45, 7) is 19.8. The molecule has 0 aromatic carbocycles. The van der Waals surface area contributed by atoms with E-state index in [0.29, 0.717) is 18.9 Å². The third-order valence-corrected chi connectivity index (χ3v) is 5.20. The van der Waals surface area contributed by atoms with E-state index >= 15 is 0 Å². The molecule has 1 unspecified atom stereocenters. The summed E-state index contributed by atoms with van der Waals surface area (Å²) in [5, 5.41) is 12.7. The Bertz CT molecular complexity index is 375. The average molecular weight is 444 g/mol. The molecule has 188 valence electrons. The van der Waals surface area contributed by atoms with Crippen LogP contribution in [0.3, 0.4) is 0 Å². The highest BCUT2D eigenvalue weighted by Crippen LogP contribution is 2.16. The average Bonchev–Trinajstić information content (AvgIpc) is 2.70. The first-order chi connectivity index (χ1) is 14.7. The van der Waals surface area contributed by atoms with Crippen LogP contribution in [0.2, 0.25) is 0 Å². The van der Waals surface area contributed by atoms with Gasteiger partial charge in [0.1, 0.15) is 6.23 Å². The van der Waals surface area contributed by atoms with Crippen LogP contribution in [0.5, 0.6) is 0 Å². The third-order valence-electron chi connectivity index (χ3n) is 5.20. The molecule has 4 heteroatoms. The normalized spacial score (nSPS) is 12.4. The second-order valence-corrected chi connectivity index (χ2v) is 9.60. The first-order valence-electron chi connectivity index (χ1n) is 13.1. The second kappa shape index (κ2) is 22.6. The van der Waals surface area contributed by atoms with Crippen LogP contribution in [-0.2, 0) is 9.47 Å². The van der Waals surface area contributed by atoms with Crippen LogP contribution >= 0.6 is 0 Å². The maximum Gasteiger partial charge on any atom is 0.124 e. The first kappa shape index (κ1) is 32.6. The Balaban J connectivity index is 0. The fourth-order valence-electron chi connectivity index (χ4n) is 3.03. The lowest BCUT2D eigenvalue weighted by Crippen LogP contribution is -2.33. The SMILES string of the molecule is C=C(COC(C)(C)CCOC(C)C)NC(O)CCCC.CCCCCCCCCCC. The van der Waals surface area contributed by atoms with Crippen LogP contribution in [0.25, 0.3) is 0 Å². The zero-order chi connectivity index (χ0) is 24.0. The molecule has 0 amide bonds. The number of rotatable bonds is 20. The van der Waals surface area contributed by atoms with Gasteiger partial charge in [0.2, 0.25) is 0 Å². The Kier molecular flexibility index (Phi) is 23.8. The smallest absolute Gasteiger partial charge is 0.124 e. The number of aliphatic hydroxyl groups is 1. The van der Waals surface area contributed by atoms with Gasteiger partial charge in [0.25, 0.3) is 0 Å². The van der Waals surface area contributed by atoms with Gasteiger partial charge in [-0.3, -0.25) is 0 Å². The van der Waals surface area contributed by atoms with E-state index in [2.05, 4.69) is 32.7 Å². The van der Waals surface area contributed by atoms with E-state index in [1.165, 1.54) is 57.8 Å². The monoisotopic (exact) mass is 443 g/mol. The molecule has 0 fully saturated rings. The molecular formula is C27H57NO3. The van der Waals surface area contributed by atoms with Crippen molar-refractivity contribution < 1.29 is 14.6 Å². The molecule has 0 radical (unpaired) electrons. The number of ether oxygens (including phenoxy) is 2. The zero-order valence-corrected chi connectivity index (χ0v) is 22.2. The molecule has 31 heavy (non-hydrogen) atoms. The highest BCUT2D eigenvalue weighted by Gasteiger charge is 2.19. The second-order valence-electron chi connectivity index (χ2n) is 9.60. The fraction of sp³-hybridized carbons (Fsp3) is 0.926. The number of unbranched alkanes of at least 4 members (excludes halogenated alkanes) is 9. The van der Waals surface area contributed by atoms with E-state index in [9.17, 15) is 5.11 Å². The molecule has 0 aliphatic heterocycles. The largest absolute Gasteiger partial charge is 0.379 e. The highest BCUT2D eigenvalue weighted by atomic mass is 16.5. The number of nitrogens with one attached hydrogen (secondary N) is 1. The van der Waals surface area contributed by atoms with E-state index < -0.39 is 6.23 Å². The Morgan fingerprint density at radius 1 is 0.871 bits per heavy atom. The van der Waals surface area contributed by atoms with Gasteiger partial charge >= 0.3 is 0 Å². The van der Waals surface area contributed by atoms with E-state index in [0.717, 1.165) is 25.7 Å². The maximum absolute atomic E-state index is 9.74. The molecule has 0 bridgehead atoms. The number of hydrogen-bond acceptors (Lipinski definition) is 4. The van der Waals surface area contributed by atoms with E-state index in [4.69, 9.17) is 9.47 Å². The summed E-state index contributed by atoms with van der Waals surface area (Å²) in [4.78, 5) is 0. The Morgan fingerprint density at radius 2 is 1.35 bits per heavy atom. The van der Waals surface area contributed by atoms with E-state index in [1.807, 2.05) is 27.7 Å². The van der Waals surface area contributed by atoms with Crippen LogP contribution in [0.1, 0.15) is 132 Å². The number of hydrogen-bond donors (Lipinski definition) is 2. The topological polar surface area (TPSA) is 50.7 Å². The van der Waals surface area contributed by atoms with Crippen molar-refractivity contribution in [2.75, 3.05) is 13.2 Å². The van der Waals surface area contributed by atoms with Gasteiger partial charge < -0.3 is 19.9 Å². The summed E-state index contributed by atoms with van der Waals surface area (Å²) in [6.07, 6.45) is 16.3. The first-order valence-corrected chi connectivity index (χ1v) is 13.1. The number of aliphatic hydroxyl groups excluding tert-OH is 1. The van der Waals surface area contributed by atoms with Crippen molar-refractivity contribution in [3.8, 4) is 0 Å². The molecule has 0 aromatic heterocycles. The summed E-state index contributed by atoms with van der Waals surface area (Å²) < 4.78 is 11.4. The highest BCUT2D eigenvalue weighted by molar-refractivity contribution is 4.93. The van der Waals surface area contributed by atoms with Gasteiger partial charge in [0, 0.05) is 12.3 Å². The molecule has 4 nitrogen and oxygen atoms in total. The summed E-state index contributed by atoms with van der Waals surface area (Å²) in [6, 6.07) is 0. The molecule has 0 aliphatic carbocycles. The Hall–Kier alpha value is -0.580. The predicted molar refractivity (Wildman–Crippen MR) is 136 cm³/mol. The minimum Gasteiger partial charge on any atom is -0.379 e. The van der Waals surface area contributed by atoms with Crippen molar-refractivity contribution in [3.63, 3.8) is 0 Å². The summed E-state index contributed by atoms with van der Waals surface area (Å²) in [5.41, 5.74) is 0.458. The van der Waals surface area contributed by atoms with Crippen molar-refractivity contribution >= 4 is 0 Å². The minimum atomic E-state index is -0.529. The molecule has 0 rings (SSSR count). The lowest BCUT2D eigenvalue weighted by Gasteiger charge is -2.27. The van der Waals surface area contributed by atoms with Gasteiger partial charge in [-0.2, -0.15) is 0 Å². The maximum atomic E-state index is 9.74.